The number of anilines is 1. The predicted octanol–water partition coefficient (Wildman–Crippen LogP) is 1.70. The van der Waals surface area contributed by atoms with Gasteiger partial charge in [-0.2, -0.15) is 0 Å². The molecule has 1 N–H and O–H groups in total. The van der Waals surface area contributed by atoms with Crippen LogP contribution in [0, 0.1) is 5.82 Å². The number of carbonyl (C=O) groups is 1. The van der Waals surface area contributed by atoms with Crippen molar-refractivity contribution in [1.29, 1.82) is 0 Å². The van der Waals surface area contributed by atoms with Gasteiger partial charge in [0.15, 0.2) is 5.96 Å². The van der Waals surface area contributed by atoms with Gasteiger partial charge in [0.1, 0.15) is 5.82 Å². The van der Waals surface area contributed by atoms with E-state index >= 15 is 0 Å². The fourth-order valence-electron chi connectivity index (χ4n) is 2.58. The molecular formula is C16H24FIN4O2. The van der Waals surface area contributed by atoms with Gasteiger partial charge in [0, 0.05) is 39.8 Å². The summed E-state index contributed by atoms with van der Waals surface area (Å²) in [6, 6.07) is 6.82. The summed E-state index contributed by atoms with van der Waals surface area (Å²) in [6.07, 6.45) is 0.296. The minimum absolute atomic E-state index is 0. The van der Waals surface area contributed by atoms with Crippen molar-refractivity contribution < 1.29 is 13.9 Å². The molecule has 0 radical (unpaired) electrons. The number of hydrogen-bond acceptors (Lipinski definition) is 4. The second-order valence-corrected chi connectivity index (χ2v) is 5.23. The molecule has 0 aliphatic carbocycles. The number of methoxy groups -OCH3 is 1. The van der Waals surface area contributed by atoms with Crippen molar-refractivity contribution >= 4 is 41.6 Å². The summed E-state index contributed by atoms with van der Waals surface area (Å²) < 4.78 is 18.4. The molecule has 0 saturated carbocycles. The smallest absolute Gasteiger partial charge is 0.307 e. The molecule has 0 spiro atoms. The summed E-state index contributed by atoms with van der Waals surface area (Å²) in [5.74, 6) is 0.306. The first-order chi connectivity index (χ1) is 11.2. The van der Waals surface area contributed by atoms with Crippen LogP contribution in [0.4, 0.5) is 10.1 Å². The van der Waals surface area contributed by atoms with E-state index in [0.29, 0.717) is 18.7 Å². The number of guanidine groups is 1. The van der Waals surface area contributed by atoms with Crippen LogP contribution in [-0.2, 0) is 9.53 Å². The number of aliphatic imine (C=N–C) groups is 1. The van der Waals surface area contributed by atoms with Crippen molar-refractivity contribution in [2.24, 2.45) is 4.99 Å². The summed E-state index contributed by atoms with van der Waals surface area (Å²) in [6.45, 7) is 3.41. The van der Waals surface area contributed by atoms with Crippen LogP contribution in [0.15, 0.2) is 29.3 Å². The molecule has 1 saturated heterocycles. The maximum Gasteiger partial charge on any atom is 0.307 e. The van der Waals surface area contributed by atoms with E-state index in [9.17, 15) is 9.18 Å². The second kappa shape index (κ2) is 10.3. The lowest BCUT2D eigenvalue weighted by atomic mass is 10.2. The van der Waals surface area contributed by atoms with Crippen LogP contribution in [-0.4, -0.2) is 63.7 Å². The molecule has 1 fully saturated rings. The molecule has 8 heteroatoms. The number of benzene rings is 1. The fourth-order valence-corrected chi connectivity index (χ4v) is 2.58. The molecule has 1 aromatic carbocycles. The number of para-hydroxylation sites is 1. The number of carbonyl (C=O) groups excluding carboxylic acids is 1. The first-order valence-electron chi connectivity index (χ1n) is 7.67. The van der Waals surface area contributed by atoms with Crippen LogP contribution in [0.3, 0.4) is 0 Å². The van der Waals surface area contributed by atoms with E-state index < -0.39 is 0 Å². The van der Waals surface area contributed by atoms with Crippen LogP contribution in [0.2, 0.25) is 0 Å². The number of nitrogens with zero attached hydrogens (tertiary/aromatic N) is 3. The monoisotopic (exact) mass is 450 g/mol. The predicted molar refractivity (Wildman–Crippen MR) is 104 cm³/mol. The van der Waals surface area contributed by atoms with Gasteiger partial charge >= 0.3 is 5.97 Å². The lowest BCUT2D eigenvalue weighted by Crippen LogP contribution is -2.53. The molecule has 1 aromatic rings. The first-order valence-corrected chi connectivity index (χ1v) is 7.67. The van der Waals surface area contributed by atoms with Crippen LogP contribution >= 0.6 is 24.0 Å². The Bertz CT molecular complexity index is 563. The van der Waals surface area contributed by atoms with E-state index in [4.69, 9.17) is 0 Å². The molecule has 1 heterocycles. The van der Waals surface area contributed by atoms with Crippen molar-refractivity contribution in [2.45, 2.75) is 6.42 Å². The molecule has 0 amide bonds. The summed E-state index contributed by atoms with van der Waals surface area (Å²) in [5.41, 5.74) is 0.640. The van der Waals surface area contributed by atoms with E-state index in [1.54, 1.807) is 19.2 Å². The van der Waals surface area contributed by atoms with Gasteiger partial charge in [-0.3, -0.25) is 9.79 Å². The summed E-state index contributed by atoms with van der Waals surface area (Å²) in [5, 5.41) is 3.15. The number of nitrogens with one attached hydrogen (secondary N) is 1. The normalized spacial score (nSPS) is 14.9. The molecule has 134 valence electrons. The molecule has 0 bridgehead atoms. The number of esters is 1. The number of rotatable bonds is 4. The zero-order valence-electron chi connectivity index (χ0n) is 14.0. The average molecular weight is 450 g/mol. The highest BCUT2D eigenvalue weighted by molar-refractivity contribution is 14.0. The third-order valence-electron chi connectivity index (χ3n) is 3.82. The molecule has 1 aliphatic heterocycles. The lowest BCUT2D eigenvalue weighted by molar-refractivity contribution is -0.140. The highest BCUT2D eigenvalue weighted by Crippen LogP contribution is 2.20. The Morgan fingerprint density at radius 1 is 1.29 bits per heavy atom. The Hall–Kier alpha value is -1.58. The quantitative estimate of drug-likeness (QED) is 0.328. The number of hydrogen-bond donors (Lipinski definition) is 1. The van der Waals surface area contributed by atoms with Crippen molar-refractivity contribution in [3.8, 4) is 0 Å². The largest absolute Gasteiger partial charge is 0.469 e. The average Bonchev–Trinajstić information content (AvgIpc) is 2.59. The van der Waals surface area contributed by atoms with Crippen molar-refractivity contribution in [2.75, 3.05) is 51.8 Å². The highest BCUT2D eigenvalue weighted by atomic mass is 127. The Morgan fingerprint density at radius 3 is 2.54 bits per heavy atom. The van der Waals surface area contributed by atoms with Crippen molar-refractivity contribution in [3.05, 3.63) is 30.1 Å². The van der Waals surface area contributed by atoms with Gasteiger partial charge in [-0.25, -0.2) is 4.39 Å². The molecular weight excluding hydrogens is 426 g/mol. The van der Waals surface area contributed by atoms with Crippen LogP contribution in [0.5, 0.6) is 0 Å². The van der Waals surface area contributed by atoms with Gasteiger partial charge in [-0.15, -0.1) is 24.0 Å². The molecule has 0 unspecified atom stereocenters. The zero-order chi connectivity index (χ0) is 16.7. The van der Waals surface area contributed by atoms with Crippen LogP contribution in [0.25, 0.3) is 0 Å². The van der Waals surface area contributed by atoms with Gasteiger partial charge in [-0.05, 0) is 12.1 Å². The Balaban J connectivity index is 0.00000288. The van der Waals surface area contributed by atoms with Crippen LogP contribution < -0.4 is 10.2 Å². The van der Waals surface area contributed by atoms with Crippen molar-refractivity contribution in [1.82, 2.24) is 10.2 Å². The third-order valence-corrected chi connectivity index (χ3v) is 3.82. The van der Waals surface area contributed by atoms with E-state index in [2.05, 4.69) is 19.9 Å². The van der Waals surface area contributed by atoms with E-state index in [1.807, 2.05) is 11.0 Å². The van der Waals surface area contributed by atoms with E-state index in [1.165, 1.54) is 13.2 Å². The molecule has 2 rings (SSSR count). The standard InChI is InChI=1S/C16H23FN4O2.HI/c1-18-16(19-8-7-15(22)23-2)21-11-9-20(10-12-21)14-6-4-3-5-13(14)17;/h3-6H,7-12H2,1-2H3,(H,18,19);1H. The molecule has 0 aromatic heterocycles. The SMILES string of the molecule is CN=C(NCCC(=O)OC)N1CCN(c2ccccc2F)CC1.I. The maximum atomic E-state index is 13.8. The third kappa shape index (κ3) is 5.50. The Morgan fingerprint density at radius 2 is 1.96 bits per heavy atom. The molecule has 1 aliphatic rings. The summed E-state index contributed by atoms with van der Waals surface area (Å²) in [7, 11) is 3.09. The number of ether oxygens (including phenoxy) is 1. The topological polar surface area (TPSA) is 57.2 Å². The number of halogens is 2. The van der Waals surface area contributed by atoms with Crippen molar-refractivity contribution in [3.63, 3.8) is 0 Å². The fraction of sp³-hybridized carbons (Fsp3) is 0.500. The van der Waals surface area contributed by atoms with E-state index in [0.717, 1.165) is 32.1 Å². The summed E-state index contributed by atoms with van der Waals surface area (Å²) >= 11 is 0. The van der Waals surface area contributed by atoms with Gasteiger partial charge in [-0.1, -0.05) is 12.1 Å². The zero-order valence-corrected chi connectivity index (χ0v) is 16.3. The second-order valence-electron chi connectivity index (χ2n) is 5.23. The molecule has 6 nitrogen and oxygen atoms in total. The van der Waals surface area contributed by atoms with Gasteiger partial charge in [0.25, 0.3) is 0 Å². The Labute approximate surface area is 159 Å². The minimum Gasteiger partial charge on any atom is -0.469 e. The van der Waals surface area contributed by atoms with Gasteiger partial charge < -0.3 is 19.9 Å². The molecule has 0 atom stereocenters. The van der Waals surface area contributed by atoms with Gasteiger partial charge in [0.2, 0.25) is 0 Å². The van der Waals surface area contributed by atoms with E-state index in [-0.39, 0.29) is 35.8 Å². The Kier molecular flexibility index (Phi) is 8.80. The van der Waals surface area contributed by atoms with Crippen LogP contribution in [0.1, 0.15) is 6.42 Å². The highest BCUT2D eigenvalue weighted by Gasteiger charge is 2.21. The minimum atomic E-state index is -0.252. The summed E-state index contributed by atoms with van der Waals surface area (Å²) in [4.78, 5) is 19.5. The first kappa shape index (κ1) is 20.5. The molecule has 24 heavy (non-hydrogen) atoms. The maximum absolute atomic E-state index is 13.8. The lowest BCUT2D eigenvalue weighted by Gasteiger charge is -2.37. The number of piperazine rings is 1. The van der Waals surface area contributed by atoms with Gasteiger partial charge in [0.05, 0.1) is 19.2 Å².